The van der Waals surface area contributed by atoms with Gasteiger partial charge in [0, 0.05) is 16.5 Å². The maximum Gasteiger partial charge on any atom is 0.392 e. The van der Waals surface area contributed by atoms with Crippen LogP contribution in [0.3, 0.4) is 0 Å². The van der Waals surface area contributed by atoms with Crippen molar-refractivity contribution in [3.8, 4) is 11.3 Å². The Morgan fingerprint density at radius 1 is 0.886 bits per heavy atom. The molecule has 2 unspecified atom stereocenters. The summed E-state index contributed by atoms with van der Waals surface area (Å²) < 4.78 is 53.2. The third-order valence-electron chi connectivity index (χ3n) is 8.26. The van der Waals surface area contributed by atoms with Crippen molar-refractivity contribution in [1.29, 1.82) is 0 Å². The number of esters is 2. The molecule has 1 aliphatic carbocycles. The molecule has 3 aromatic rings. The van der Waals surface area contributed by atoms with Crippen LogP contribution in [0.1, 0.15) is 117 Å². The van der Waals surface area contributed by atoms with Gasteiger partial charge in [0.2, 0.25) is 0 Å². The molecular weight excluding hydrogens is 569 g/mol. The normalized spacial score (nSPS) is 17.2. The summed E-state index contributed by atoms with van der Waals surface area (Å²) in [6, 6.07) is 8.86. The number of carbonyl (C=O) groups is 2. The summed E-state index contributed by atoms with van der Waals surface area (Å²) in [4.78, 5) is 37.0. The molecule has 0 saturated heterocycles. The first-order valence-electron chi connectivity index (χ1n) is 15.4. The number of allylic oxidation sites excluding steroid dienone is 1. The number of hydrogen-bond acceptors (Lipinski definition) is 6. The van der Waals surface area contributed by atoms with Gasteiger partial charge in [-0.3, -0.25) is 4.98 Å². The maximum absolute atomic E-state index is 14.1. The number of halogens is 3. The molecule has 1 aromatic carbocycles. The fourth-order valence-electron chi connectivity index (χ4n) is 6.22. The Morgan fingerprint density at radius 3 is 1.98 bits per heavy atom. The van der Waals surface area contributed by atoms with Crippen molar-refractivity contribution in [3.63, 3.8) is 0 Å². The van der Waals surface area contributed by atoms with Gasteiger partial charge in [-0.1, -0.05) is 71.4 Å². The van der Waals surface area contributed by atoms with Crippen molar-refractivity contribution in [2.24, 2.45) is 11.8 Å². The number of alkyl halides is 3. The zero-order valence-electron chi connectivity index (χ0n) is 26.3. The van der Waals surface area contributed by atoms with Gasteiger partial charge in [-0.2, -0.15) is 13.2 Å². The van der Waals surface area contributed by atoms with Crippen LogP contribution in [0.4, 0.5) is 13.2 Å². The lowest BCUT2D eigenvalue weighted by molar-refractivity contribution is -0.190. The highest BCUT2D eigenvalue weighted by Gasteiger charge is 2.46. The molecule has 0 aliphatic heterocycles. The van der Waals surface area contributed by atoms with E-state index in [1.54, 1.807) is 38.1 Å². The molecule has 4 rings (SSSR count). The molecule has 0 radical (unpaired) electrons. The zero-order chi connectivity index (χ0) is 32.3. The van der Waals surface area contributed by atoms with Gasteiger partial charge >= 0.3 is 18.1 Å². The van der Waals surface area contributed by atoms with Crippen molar-refractivity contribution in [1.82, 2.24) is 9.97 Å². The number of para-hydroxylation sites is 1. The van der Waals surface area contributed by atoms with Crippen LogP contribution in [0, 0.1) is 11.8 Å². The fourth-order valence-corrected chi connectivity index (χ4v) is 6.22. The quantitative estimate of drug-likeness (QED) is 0.225. The molecule has 1 saturated carbocycles. The smallest absolute Gasteiger partial charge is 0.392 e. The van der Waals surface area contributed by atoms with Crippen LogP contribution in [0.15, 0.2) is 36.9 Å². The first-order valence-corrected chi connectivity index (χ1v) is 15.4. The first kappa shape index (κ1) is 33.1. The largest absolute Gasteiger partial charge is 0.462 e. The Labute approximate surface area is 257 Å². The minimum Gasteiger partial charge on any atom is -0.462 e. The van der Waals surface area contributed by atoms with E-state index in [0.29, 0.717) is 58.4 Å². The summed E-state index contributed by atoms with van der Waals surface area (Å²) in [6.07, 6.45) is -2.66. The van der Waals surface area contributed by atoms with Crippen molar-refractivity contribution in [3.05, 3.63) is 65.0 Å². The summed E-state index contributed by atoms with van der Waals surface area (Å²) in [5, 5.41) is 0.698. The maximum atomic E-state index is 14.1. The second kappa shape index (κ2) is 13.5. The van der Waals surface area contributed by atoms with Crippen LogP contribution >= 0.6 is 0 Å². The zero-order valence-corrected chi connectivity index (χ0v) is 26.3. The van der Waals surface area contributed by atoms with E-state index in [2.05, 4.69) is 6.58 Å². The van der Waals surface area contributed by atoms with Crippen LogP contribution < -0.4 is 0 Å². The van der Waals surface area contributed by atoms with Crippen molar-refractivity contribution < 1.29 is 32.2 Å². The number of hydrogen-bond donors (Lipinski definition) is 0. The van der Waals surface area contributed by atoms with Crippen molar-refractivity contribution >= 4 is 28.4 Å². The number of ether oxygens (including phenoxy) is 2. The molecular formula is C35H41F3N2O4. The van der Waals surface area contributed by atoms with Gasteiger partial charge in [0.05, 0.1) is 52.9 Å². The highest BCUT2D eigenvalue weighted by molar-refractivity contribution is 6.07. The average Bonchev–Trinajstić information content (AvgIpc) is 2.98. The lowest BCUT2D eigenvalue weighted by Crippen LogP contribution is -2.33. The van der Waals surface area contributed by atoms with Gasteiger partial charge in [-0.05, 0) is 56.1 Å². The van der Waals surface area contributed by atoms with E-state index in [0.717, 1.165) is 0 Å². The van der Waals surface area contributed by atoms with E-state index in [1.807, 2.05) is 33.8 Å². The molecule has 2 atom stereocenters. The Kier molecular flexibility index (Phi) is 10.2. The Morgan fingerprint density at radius 2 is 1.45 bits per heavy atom. The Bertz CT molecular complexity index is 1510. The van der Waals surface area contributed by atoms with E-state index < -0.39 is 30.0 Å². The minimum atomic E-state index is -4.34. The molecule has 236 valence electrons. The molecule has 0 amide bonds. The van der Waals surface area contributed by atoms with E-state index in [1.165, 1.54) is 0 Å². The van der Waals surface area contributed by atoms with Gasteiger partial charge in [-0.15, -0.1) is 0 Å². The summed E-state index contributed by atoms with van der Waals surface area (Å²) in [5.74, 6) is -3.95. The van der Waals surface area contributed by atoms with E-state index in [9.17, 15) is 22.8 Å². The molecule has 2 aromatic heterocycles. The molecule has 1 aliphatic rings. The number of carbonyl (C=O) groups excluding carboxylic acids is 2. The van der Waals surface area contributed by atoms with E-state index >= 15 is 0 Å². The third-order valence-corrected chi connectivity index (χ3v) is 8.26. The Hall–Kier alpha value is -3.75. The lowest BCUT2D eigenvalue weighted by atomic mass is 9.73. The van der Waals surface area contributed by atoms with Crippen molar-refractivity contribution in [2.45, 2.75) is 85.2 Å². The molecule has 0 N–H and O–H groups in total. The summed E-state index contributed by atoms with van der Waals surface area (Å²) in [6.45, 7) is 15.4. The summed E-state index contributed by atoms with van der Waals surface area (Å²) in [7, 11) is 0. The number of pyridine rings is 2. The highest BCUT2D eigenvalue weighted by Crippen LogP contribution is 2.47. The molecule has 0 bridgehead atoms. The van der Waals surface area contributed by atoms with Gasteiger partial charge in [0.15, 0.2) is 0 Å². The van der Waals surface area contributed by atoms with Crippen LogP contribution in [-0.2, 0) is 9.47 Å². The number of nitrogens with zero attached hydrogens (tertiary/aromatic N) is 2. The van der Waals surface area contributed by atoms with Crippen molar-refractivity contribution in [2.75, 3.05) is 13.2 Å². The van der Waals surface area contributed by atoms with Gasteiger partial charge in [0.1, 0.15) is 0 Å². The molecule has 0 spiro atoms. The van der Waals surface area contributed by atoms with Crippen LogP contribution in [0.2, 0.25) is 0 Å². The monoisotopic (exact) mass is 610 g/mol. The van der Waals surface area contributed by atoms with E-state index in [-0.39, 0.29) is 48.2 Å². The predicted octanol–water partition coefficient (Wildman–Crippen LogP) is 9.28. The number of aromatic nitrogens is 2. The first-order chi connectivity index (χ1) is 20.8. The number of rotatable bonds is 9. The van der Waals surface area contributed by atoms with E-state index in [4.69, 9.17) is 19.4 Å². The topological polar surface area (TPSA) is 78.4 Å². The highest BCUT2D eigenvalue weighted by atomic mass is 19.4. The summed E-state index contributed by atoms with van der Waals surface area (Å²) in [5.41, 5.74) is 3.07. The Balaban J connectivity index is 2.05. The molecule has 6 nitrogen and oxygen atoms in total. The summed E-state index contributed by atoms with van der Waals surface area (Å²) >= 11 is 0. The van der Waals surface area contributed by atoms with Gasteiger partial charge < -0.3 is 9.47 Å². The van der Waals surface area contributed by atoms with Crippen LogP contribution in [0.5, 0.6) is 0 Å². The number of fused-ring (bicyclic) bond motifs is 1. The predicted molar refractivity (Wildman–Crippen MR) is 166 cm³/mol. The number of benzene rings is 1. The molecule has 9 heteroatoms. The molecule has 44 heavy (non-hydrogen) atoms. The lowest BCUT2D eigenvalue weighted by Gasteiger charge is -2.34. The molecule has 2 heterocycles. The minimum absolute atomic E-state index is 0.0649. The second-order valence-electron chi connectivity index (χ2n) is 11.9. The average molecular weight is 611 g/mol. The SMILES string of the molecule is C=C(c1cccc2ccc(-c3c(C(=O)OCC)c(C(C)C)nc(C(C)C)c3C(=O)OCC)nc12)C1CCCCC1C(F)(F)F. The molecule has 1 fully saturated rings. The standard InChI is InChI=1S/C35H41F3N2O4/c1-8-43-33(41)28-27(29(34(42)44-9-2)31(20(5)6)40-30(28)19(3)4)26-18-17-22-13-12-15-24(32(22)39-26)21(7)23-14-10-11-16-25(23)35(36,37)38/h12-13,15,17-20,23,25H,7-11,14,16H2,1-6H3. The second-order valence-corrected chi connectivity index (χ2v) is 11.9. The fraction of sp³-hybridized carbons (Fsp3) is 0.486. The van der Waals surface area contributed by atoms with Crippen LogP contribution in [0.25, 0.3) is 27.7 Å². The van der Waals surface area contributed by atoms with Crippen LogP contribution in [-0.4, -0.2) is 41.3 Å². The third kappa shape index (κ3) is 6.52. The van der Waals surface area contributed by atoms with Gasteiger partial charge in [-0.25, -0.2) is 14.6 Å². The van der Waals surface area contributed by atoms with Gasteiger partial charge in [0.25, 0.3) is 0 Å².